The van der Waals surface area contributed by atoms with Crippen molar-refractivity contribution in [2.45, 2.75) is 6.54 Å². The molecule has 0 saturated heterocycles. The van der Waals surface area contributed by atoms with E-state index >= 15 is 0 Å². The lowest BCUT2D eigenvalue weighted by atomic mass is 10.1. The van der Waals surface area contributed by atoms with Crippen LogP contribution >= 0.6 is 0 Å². The zero-order valence-electron chi connectivity index (χ0n) is 10.6. The van der Waals surface area contributed by atoms with Gasteiger partial charge in [0.25, 0.3) is 0 Å². The standard InChI is InChI=1S/C16H12F2N2/c17-15-5-1-3-12(7-15)10-20-11-14(9-19-20)13-4-2-6-16(18)8-13/h1-9,11H,10H2. The average Bonchev–Trinajstić information content (AvgIpc) is 2.87. The smallest absolute Gasteiger partial charge is 0.123 e. The van der Waals surface area contributed by atoms with E-state index in [0.29, 0.717) is 6.54 Å². The van der Waals surface area contributed by atoms with Crippen LogP contribution in [0.1, 0.15) is 5.56 Å². The minimum absolute atomic E-state index is 0.264. The predicted octanol–water partition coefficient (Wildman–Crippen LogP) is 3.88. The van der Waals surface area contributed by atoms with Crippen LogP contribution < -0.4 is 0 Å². The van der Waals surface area contributed by atoms with Crippen LogP contribution in [0.15, 0.2) is 60.9 Å². The molecular weight excluding hydrogens is 258 g/mol. The Morgan fingerprint density at radius 2 is 1.65 bits per heavy atom. The molecule has 0 unspecified atom stereocenters. The van der Waals surface area contributed by atoms with Crippen LogP contribution in [0.4, 0.5) is 8.78 Å². The Hall–Kier alpha value is -2.49. The summed E-state index contributed by atoms with van der Waals surface area (Å²) >= 11 is 0. The van der Waals surface area contributed by atoms with E-state index in [-0.39, 0.29) is 11.6 Å². The van der Waals surface area contributed by atoms with Crippen molar-refractivity contribution in [3.05, 3.63) is 78.1 Å². The first-order valence-corrected chi connectivity index (χ1v) is 6.23. The van der Waals surface area contributed by atoms with E-state index in [9.17, 15) is 8.78 Å². The van der Waals surface area contributed by atoms with E-state index in [1.54, 1.807) is 23.0 Å². The molecule has 3 rings (SSSR count). The Morgan fingerprint density at radius 3 is 2.40 bits per heavy atom. The summed E-state index contributed by atoms with van der Waals surface area (Å²) in [5.74, 6) is -0.541. The second-order valence-corrected chi connectivity index (χ2v) is 4.57. The topological polar surface area (TPSA) is 17.8 Å². The highest BCUT2D eigenvalue weighted by Gasteiger charge is 2.04. The van der Waals surface area contributed by atoms with Gasteiger partial charge in [0.05, 0.1) is 12.7 Å². The second-order valence-electron chi connectivity index (χ2n) is 4.57. The summed E-state index contributed by atoms with van der Waals surface area (Å²) < 4.78 is 28.0. The van der Waals surface area contributed by atoms with Gasteiger partial charge < -0.3 is 0 Å². The summed E-state index contributed by atoms with van der Waals surface area (Å²) in [4.78, 5) is 0. The lowest BCUT2D eigenvalue weighted by Gasteiger charge is -2.01. The molecule has 0 fully saturated rings. The van der Waals surface area contributed by atoms with E-state index in [0.717, 1.165) is 16.7 Å². The molecule has 4 heteroatoms. The molecular formula is C16H12F2N2. The normalized spacial score (nSPS) is 10.7. The van der Waals surface area contributed by atoms with Crippen LogP contribution in [0.25, 0.3) is 11.1 Å². The summed E-state index contributed by atoms with van der Waals surface area (Å²) in [6.45, 7) is 0.479. The van der Waals surface area contributed by atoms with Gasteiger partial charge in [0.1, 0.15) is 11.6 Å². The highest BCUT2D eigenvalue weighted by molar-refractivity contribution is 5.61. The third kappa shape index (κ3) is 2.74. The van der Waals surface area contributed by atoms with Gasteiger partial charge in [-0.3, -0.25) is 4.68 Å². The fourth-order valence-electron chi connectivity index (χ4n) is 2.09. The molecule has 3 aromatic rings. The molecule has 1 heterocycles. The monoisotopic (exact) mass is 270 g/mol. The molecule has 0 saturated carbocycles. The fourth-order valence-corrected chi connectivity index (χ4v) is 2.09. The lowest BCUT2D eigenvalue weighted by Crippen LogP contribution is -1.99. The van der Waals surface area contributed by atoms with Gasteiger partial charge in [-0.1, -0.05) is 24.3 Å². The van der Waals surface area contributed by atoms with Crippen molar-refractivity contribution in [3.63, 3.8) is 0 Å². The first-order chi connectivity index (χ1) is 9.70. The number of benzene rings is 2. The molecule has 2 aromatic carbocycles. The summed E-state index contributed by atoms with van der Waals surface area (Å²) in [6, 6.07) is 12.7. The van der Waals surface area contributed by atoms with Crippen LogP contribution in [-0.4, -0.2) is 9.78 Å². The Balaban J connectivity index is 1.84. The SMILES string of the molecule is Fc1cccc(Cn2cc(-c3cccc(F)c3)cn2)c1. The van der Waals surface area contributed by atoms with Crippen molar-refractivity contribution >= 4 is 0 Å². The van der Waals surface area contributed by atoms with Crippen LogP contribution in [0, 0.1) is 11.6 Å². The molecule has 0 atom stereocenters. The van der Waals surface area contributed by atoms with Crippen LogP contribution in [0.2, 0.25) is 0 Å². The largest absolute Gasteiger partial charge is 0.268 e. The van der Waals surface area contributed by atoms with Crippen molar-refractivity contribution in [2.24, 2.45) is 0 Å². The van der Waals surface area contributed by atoms with E-state index in [1.165, 1.54) is 24.3 Å². The Labute approximate surface area is 115 Å². The van der Waals surface area contributed by atoms with Gasteiger partial charge in [-0.2, -0.15) is 5.10 Å². The van der Waals surface area contributed by atoms with Gasteiger partial charge in [-0.05, 0) is 35.4 Å². The van der Waals surface area contributed by atoms with E-state index in [1.807, 2.05) is 18.3 Å². The van der Waals surface area contributed by atoms with Crippen molar-refractivity contribution in [1.29, 1.82) is 0 Å². The molecule has 0 aliphatic carbocycles. The van der Waals surface area contributed by atoms with Gasteiger partial charge in [0.2, 0.25) is 0 Å². The molecule has 100 valence electrons. The number of nitrogens with zero attached hydrogens (tertiary/aromatic N) is 2. The summed E-state index contributed by atoms with van der Waals surface area (Å²) in [7, 11) is 0. The highest BCUT2D eigenvalue weighted by atomic mass is 19.1. The van der Waals surface area contributed by atoms with Crippen molar-refractivity contribution in [1.82, 2.24) is 9.78 Å². The quantitative estimate of drug-likeness (QED) is 0.706. The summed E-state index contributed by atoms with van der Waals surface area (Å²) in [5.41, 5.74) is 2.44. The van der Waals surface area contributed by atoms with E-state index in [4.69, 9.17) is 0 Å². The maximum absolute atomic E-state index is 13.2. The molecule has 0 spiro atoms. The molecule has 0 bridgehead atoms. The third-order valence-electron chi connectivity index (χ3n) is 3.02. The molecule has 0 aliphatic heterocycles. The molecule has 0 radical (unpaired) electrons. The summed E-state index contributed by atoms with van der Waals surface area (Å²) in [6.07, 6.45) is 3.49. The third-order valence-corrected chi connectivity index (χ3v) is 3.02. The molecule has 0 N–H and O–H groups in total. The molecule has 2 nitrogen and oxygen atoms in total. The number of aromatic nitrogens is 2. The number of rotatable bonds is 3. The molecule has 20 heavy (non-hydrogen) atoms. The molecule has 0 amide bonds. The van der Waals surface area contributed by atoms with Crippen molar-refractivity contribution in [3.8, 4) is 11.1 Å². The minimum Gasteiger partial charge on any atom is -0.268 e. The summed E-state index contributed by atoms with van der Waals surface area (Å²) in [5, 5.41) is 4.22. The number of hydrogen-bond donors (Lipinski definition) is 0. The van der Waals surface area contributed by atoms with Crippen molar-refractivity contribution in [2.75, 3.05) is 0 Å². The first kappa shape index (κ1) is 12.5. The van der Waals surface area contributed by atoms with E-state index < -0.39 is 0 Å². The first-order valence-electron chi connectivity index (χ1n) is 6.23. The maximum atomic E-state index is 13.2. The zero-order valence-corrected chi connectivity index (χ0v) is 10.6. The average molecular weight is 270 g/mol. The van der Waals surface area contributed by atoms with Crippen LogP contribution in [-0.2, 0) is 6.54 Å². The highest BCUT2D eigenvalue weighted by Crippen LogP contribution is 2.19. The number of hydrogen-bond acceptors (Lipinski definition) is 1. The van der Waals surface area contributed by atoms with Gasteiger partial charge >= 0.3 is 0 Å². The van der Waals surface area contributed by atoms with Gasteiger partial charge in [-0.15, -0.1) is 0 Å². The molecule has 0 aliphatic rings. The number of halogens is 2. The Bertz CT molecular complexity index is 735. The minimum atomic E-state index is -0.277. The maximum Gasteiger partial charge on any atom is 0.123 e. The van der Waals surface area contributed by atoms with Crippen molar-refractivity contribution < 1.29 is 8.78 Å². The fraction of sp³-hybridized carbons (Fsp3) is 0.0625. The Kier molecular flexibility index (Phi) is 3.29. The lowest BCUT2D eigenvalue weighted by molar-refractivity contribution is 0.619. The predicted molar refractivity (Wildman–Crippen MR) is 73.1 cm³/mol. The zero-order chi connectivity index (χ0) is 13.9. The van der Waals surface area contributed by atoms with Gasteiger partial charge in [0, 0.05) is 11.8 Å². The van der Waals surface area contributed by atoms with E-state index in [2.05, 4.69) is 5.10 Å². The van der Waals surface area contributed by atoms with Crippen LogP contribution in [0.3, 0.4) is 0 Å². The second kappa shape index (κ2) is 5.25. The van der Waals surface area contributed by atoms with Crippen LogP contribution in [0.5, 0.6) is 0 Å². The van der Waals surface area contributed by atoms with Gasteiger partial charge in [0.15, 0.2) is 0 Å². The van der Waals surface area contributed by atoms with Gasteiger partial charge in [-0.25, -0.2) is 8.78 Å². The molecule has 1 aromatic heterocycles. The Morgan fingerprint density at radius 1 is 0.900 bits per heavy atom.